The maximum Gasteiger partial charge on any atom is 0.416 e. The van der Waals surface area contributed by atoms with Gasteiger partial charge in [0.2, 0.25) is 0 Å². The Balaban J connectivity index is 1.73. The molecule has 0 bridgehead atoms. The van der Waals surface area contributed by atoms with Gasteiger partial charge in [0.15, 0.2) is 6.29 Å². The normalized spacial score (nSPS) is 22.8. The van der Waals surface area contributed by atoms with Crippen molar-refractivity contribution in [3.05, 3.63) is 70.8 Å². The van der Waals surface area contributed by atoms with Crippen molar-refractivity contribution in [3.8, 4) is 0 Å². The fraction of sp³-hybridized carbons (Fsp3) is 0.429. The van der Waals surface area contributed by atoms with Gasteiger partial charge in [-0.3, -0.25) is 0 Å². The minimum absolute atomic E-state index is 0.110. The summed E-state index contributed by atoms with van der Waals surface area (Å²) in [6.07, 6.45) is -10.0. The average molecular weight is 433 g/mol. The van der Waals surface area contributed by atoms with Crippen LogP contribution in [0.25, 0.3) is 0 Å². The third kappa shape index (κ3) is 5.53. The largest absolute Gasteiger partial charge is 0.416 e. The molecule has 9 heteroatoms. The Kier molecular flexibility index (Phi) is 6.74. The molecule has 0 radical (unpaired) electrons. The fourth-order valence-corrected chi connectivity index (χ4v) is 3.49. The first-order valence-electron chi connectivity index (χ1n) is 9.38. The first-order chi connectivity index (χ1) is 14.1. The van der Waals surface area contributed by atoms with Crippen LogP contribution in [-0.4, -0.2) is 25.5 Å². The molecule has 2 aromatic rings. The van der Waals surface area contributed by atoms with Crippen molar-refractivity contribution < 1.29 is 35.8 Å². The molecule has 1 aliphatic rings. The lowest BCUT2D eigenvalue weighted by Crippen LogP contribution is -2.44. The lowest BCUT2D eigenvalue weighted by atomic mass is 9.88. The van der Waals surface area contributed by atoms with Crippen LogP contribution in [0.5, 0.6) is 0 Å². The molecule has 0 unspecified atom stereocenters. The SMILES string of the molecule is N[C@@H]1CCO[C@@H](OCCc2cc(C(F)(F)F)cc(C(F)(F)F)c2)[C@@H]1c1ccccc1. The highest BCUT2D eigenvalue weighted by Crippen LogP contribution is 2.36. The smallest absolute Gasteiger partial charge is 0.352 e. The van der Waals surface area contributed by atoms with Crippen molar-refractivity contribution in [1.82, 2.24) is 0 Å². The Hall–Kier alpha value is -2.10. The van der Waals surface area contributed by atoms with E-state index in [4.69, 9.17) is 15.2 Å². The summed E-state index contributed by atoms with van der Waals surface area (Å²) in [6, 6.07) is 10.6. The van der Waals surface area contributed by atoms with Crippen molar-refractivity contribution in [2.75, 3.05) is 13.2 Å². The third-order valence-electron chi connectivity index (χ3n) is 4.99. The van der Waals surface area contributed by atoms with Crippen LogP contribution in [0.2, 0.25) is 0 Å². The summed E-state index contributed by atoms with van der Waals surface area (Å²) in [5, 5.41) is 0. The zero-order valence-electron chi connectivity index (χ0n) is 15.8. The van der Waals surface area contributed by atoms with Gasteiger partial charge in [0.25, 0.3) is 0 Å². The summed E-state index contributed by atoms with van der Waals surface area (Å²) in [5.41, 5.74) is 4.30. The molecule has 3 atom stereocenters. The number of nitrogens with two attached hydrogens (primary N) is 1. The van der Waals surface area contributed by atoms with Crippen LogP contribution in [0.15, 0.2) is 48.5 Å². The van der Waals surface area contributed by atoms with Crippen molar-refractivity contribution in [2.45, 2.75) is 43.4 Å². The number of hydrogen-bond donors (Lipinski definition) is 1. The molecule has 1 heterocycles. The Morgan fingerprint density at radius 2 is 1.53 bits per heavy atom. The van der Waals surface area contributed by atoms with Crippen molar-refractivity contribution in [1.29, 1.82) is 0 Å². The first-order valence-corrected chi connectivity index (χ1v) is 9.38. The predicted octanol–water partition coefficient (Wildman–Crippen LogP) is 5.14. The molecule has 0 saturated carbocycles. The van der Waals surface area contributed by atoms with Gasteiger partial charge in [-0.15, -0.1) is 0 Å². The van der Waals surface area contributed by atoms with E-state index in [9.17, 15) is 26.3 Å². The van der Waals surface area contributed by atoms with E-state index < -0.39 is 29.8 Å². The summed E-state index contributed by atoms with van der Waals surface area (Å²) in [4.78, 5) is 0. The van der Waals surface area contributed by atoms with Crippen molar-refractivity contribution >= 4 is 0 Å². The first kappa shape index (κ1) is 22.6. The number of rotatable bonds is 5. The number of halogens is 6. The second-order valence-electron chi connectivity index (χ2n) is 7.16. The highest BCUT2D eigenvalue weighted by atomic mass is 19.4. The van der Waals surface area contributed by atoms with Crippen molar-refractivity contribution in [2.24, 2.45) is 5.73 Å². The van der Waals surface area contributed by atoms with Gasteiger partial charge in [-0.2, -0.15) is 26.3 Å². The molecule has 1 fully saturated rings. The molecule has 3 nitrogen and oxygen atoms in total. The van der Waals surface area contributed by atoms with E-state index >= 15 is 0 Å². The third-order valence-corrected chi connectivity index (χ3v) is 4.99. The highest BCUT2D eigenvalue weighted by molar-refractivity contribution is 5.33. The van der Waals surface area contributed by atoms with E-state index in [0.717, 1.165) is 5.56 Å². The van der Waals surface area contributed by atoms with E-state index in [1.807, 2.05) is 30.3 Å². The van der Waals surface area contributed by atoms with E-state index in [2.05, 4.69) is 0 Å². The molecule has 30 heavy (non-hydrogen) atoms. The molecule has 0 spiro atoms. The van der Waals surface area contributed by atoms with E-state index in [0.29, 0.717) is 25.2 Å². The number of alkyl halides is 6. The van der Waals surface area contributed by atoms with Crippen LogP contribution in [0, 0.1) is 0 Å². The molecule has 1 aliphatic heterocycles. The summed E-state index contributed by atoms with van der Waals surface area (Å²) >= 11 is 0. The minimum atomic E-state index is -4.88. The molecule has 0 aliphatic carbocycles. The number of benzene rings is 2. The van der Waals surface area contributed by atoms with Gasteiger partial charge >= 0.3 is 12.4 Å². The van der Waals surface area contributed by atoms with Crippen molar-refractivity contribution in [3.63, 3.8) is 0 Å². The zero-order valence-corrected chi connectivity index (χ0v) is 15.8. The molecule has 2 aromatic carbocycles. The van der Waals surface area contributed by atoms with Gasteiger partial charge in [0.05, 0.1) is 30.3 Å². The summed E-state index contributed by atoms with van der Waals surface area (Å²) in [7, 11) is 0. The lowest BCUT2D eigenvalue weighted by molar-refractivity contribution is -0.178. The van der Waals surface area contributed by atoms with Gasteiger partial charge in [-0.1, -0.05) is 30.3 Å². The average Bonchev–Trinajstić information content (AvgIpc) is 2.67. The van der Waals surface area contributed by atoms with E-state index in [-0.39, 0.29) is 36.6 Å². The van der Waals surface area contributed by atoms with Crippen LogP contribution in [-0.2, 0) is 28.2 Å². The lowest BCUT2D eigenvalue weighted by Gasteiger charge is -2.36. The maximum absolute atomic E-state index is 13.0. The minimum Gasteiger partial charge on any atom is -0.352 e. The Morgan fingerprint density at radius 3 is 2.10 bits per heavy atom. The van der Waals surface area contributed by atoms with Gasteiger partial charge in [0, 0.05) is 6.04 Å². The predicted molar refractivity (Wildman–Crippen MR) is 97.6 cm³/mol. The van der Waals surface area contributed by atoms with Gasteiger partial charge in [0.1, 0.15) is 0 Å². The van der Waals surface area contributed by atoms with Crippen LogP contribution in [0.4, 0.5) is 26.3 Å². The summed E-state index contributed by atoms with van der Waals surface area (Å²) < 4.78 is 89.3. The molecule has 0 aromatic heterocycles. The Bertz CT molecular complexity index is 805. The second kappa shape index (κ2) is 8.95. The van der Waals surface area contributed by atoms with Gasteiger partial charge < -0.3 is 15.2 Å². The number of hydrogen-bond acceptors (Lipinski definition) is 3. The van der Waals surface area contributed by atoms with E-state index in [1.54, 1.807) is 0 Å². The Labute approximate surface area is 169 Å². The molecular formula is C21H21F6NO2. The Morgan fingerprint density at radius 1 is 0.933 bits per heavy atom. The summed E-state index contributed by atoms with van der Waals surface area (Å²) in [6.45, 7) is 0.246. The van der Waals surface area contributed by atoms with Gasteiger partial charge in [-0.25, -0.2) is 0 Å². The zero-order chi connectivity index (χ0) is 21.9. The molecule has 3 rings (SSSR count). The van der Waals surface area contributed by atoms with Crippen LogP contribution in [0.3, 0.4) is 0 Å². The molecule has 2 N–H and O–H groups in total. The molecular weight excluding hydrogens is 412 g/mol. The monoisotopic (exact) mass is 433 g/mol. The second-order valence-corrected chi connectivity index (χ2v) is 7.16. The summed E-state index contributed by atoms with van der Waals surface area (Å²) in [5.74, 6) is -0.285. The highest BCUT2D eigenvalue weighted by Gasteiger charge is 2.37. The fourth-order valence-electron chi connectivity index (χ4n) is 3.49. The topological polar surface area (TPSA) is 44.5 Å². The molecule has 1 saturated heterocycles. The molecule has 164 valence electrons. The quantitative estimate of drug-likeness (QED) is 0.664. The standard InChI is InChI=1S/C21H21F6NO2/c22-20(23,24)15-10-13(11-16(12-15)21(25,26)27)6-8-29-19-18(17(28)7-9-30-19)14-4-2-1-3-5-14/h1-5,10-12,17-19H,6-9,28H2/t17-,18-,19-/m1/s1. The van der Waals surface area contributed by atoms with Crippen LogP contribution >= 0.6 is 0 Å². The maximum atomic E-state index is 13.0. The van der Waals surface area contributed by atoms with Gasteiger partial charge in [-0.05, 0) is 42.2 Å². The number of ether oxygens (including phenoxy) is 2. The van der Waals surface area contributed by atoms with Crippen LogP contribution < -0.4 is 5.73 Å². The molecule has 0 amide bonds. The van der Waals surface area contributed by atoms with E-state index in [1.165, 1.54) is 0 Å². The van der Waals surface area contributed by atoms with Crippen LogP contribution in [0.1, 0.15) is 34.6 Å².